The van der Waals surface area contributed by atoms with Crippen molar-refractivity contribution in [1.29, 1.82) is 0 Å². The molecule has 0 aliphatic carbocycles. The summed E-state index contributed by atoms with van der Waals surface area (Å²) in [5, 5.41) is 8.14. The summed E-state index contributed by atoms with van der Waals surface area (Å²) in [7, 11) is 1.31. The highest BCUT2D eigenvalue weighted by atomic mass is 35.5. The van der Waals surface area contributed by atoms with E-state index in [4.69, 9.17) is 16.3 Å². The number of ether oxygens (including phenoxy) is 1. The van der Waals surface area contributed by atoms with Gasteiger partial charge in [-0.1, -0.05) is 11.6 Å². The maximum atomic E-state index is 12.4. The molecule has 130 valence electrons. The van der Waals surface area contributed by atoms with Crippen LogP contribution >= 0.6 is 22.9 Å². The Balaban J connectivity index is 1.84. The summed E-state index contributed by atoms with van der Waals surface area (Å²) in [5.74, 6) is -0.655. The van der Waals surface area contributed by atoms with E-state index >= 15 is 0 Å². The molecule has 1 atom stereocenters. The number of rotatable bonds is 4. The number of halogens is 1. The van der Waals surface area contributed by atoms with Gasteiger partial charge in [-0.25, -0.2) is 4.79 Å². The maximum Gasteiger partial charge on any atom is 0.349 e. The first-order chi connectivity index (χ1) is 11.9. The molecular weight excluding hydrogens is 362 g/mol. The summed E-state index contributed by atoms with van der Waals surface area (Å²) in [4.78, 5) is 24.5. The zero-order valence-corrected chi connectivity index (χ0v) is 15.4. The van der Waals surface area contributed by atoms with Crippen LogP contribution in [0.25, 0.3) is 10.1 Å². The third-order valence-corrected chi connectivity index (χ3v) is 5.41. The number of fused-ring (bicyclic) bond motifs is 1. The Kier molecular flexibility index (Phi) is 4.78. The summed E-state index contributed by atoms with van der Waals surface area (Å²) < 4.78 is 7.14. The number of benzene rings is 1. The first-order valence-corrected chi connectivity index (χ1v) is 8.72. The number of aryl methyl sites for hydroxylation is 1. The van der Waals surface area contributed by atoms with Gasteiger partial charge in [0.25, 0.3) is 0 Å². The van der Waals surface area contributed by atoms with Crippen molar-refractivity contribution < 1.29 is 14.3 Å². The largest absolute Gasteiger partial charge is 0.465 e. The molecule has 0 spiro atoms. The van der Waals surface area contributed by atoms with Crippen LogP contribution in [0, 0.1) is 6.92 Å². The number of carbonyl (C=O) groups excluding carboxylic acids is 2. The Labute approximate surface area is 153 Å². The third kappa shape index (κ3) is 3.38. The van der Waals surface area contributed by atoms with Gasteiger partial charge in [0.1, 0.15) is 10.9 Å². The Hall–Kier alpha value is -2.38. The van der Waals surface area contributed by atoms with Gasteiger partial charge in [-0.15, -0.1) is 11.3 Å². The molecule has 1 unspecified atom stereocenters. The Morgan fingerprint density at radius 3 is 2.80 bits per heavy atom. The highest BCUT2D eigenvalue weighted by Gasteiger charge is 2.19. The number of aromatic nitrogens is 2. The van der Waals surface area contributed by atoms with Crippen molar-refractivity contribution in [3.8, 4) is 0 Å². The molecule has 0 saturated carbocycles. The quantitative estimate of drug-likeness (QED) is 0.696. The molecule has 0 fully saturated rings. The molecule has 1 aromatic carbocycles. The van der Waals surface area contributed by atoms with E-state index in [1.54, 1.807) is 36.0 Å². The van der Waals surface area contributed by atoms with Gasteiger partial charge in [0.15, 0.2) is 0 Å². The van der Waals surface area contributed by atoms with E-state index in [1.165, 1.54) is 18.4 Å². The number of nitrogens with zero attached hydrogens (tertiary/aromatic N) is 2. The lowest BCUT2D eigenvalue weighted by atomic mass is 10.2. The zero-order chi connectivity index (χ0) is 18.1. The molecule has 25 heavy (non-hydrogen) atoms. The van der Waals surface area contributed by atoms with Gasteiger partial charge < -0.3 is 10.1 Å². The summed E-state index contributed by atoms with van der Waals surface area (Å²) in [6, 6.07) is 4.87. The normalized spacial score (nSPS) is 12.2. The molecule has 1 N–H and O–H groups in total. The van der Waals surface area contributed by atoms with Crippen molar-refractivity contribution >= 4 is 50.6 Å². The summed E-state index contributed by atoms with van der Waals surface area (Å²) in [6.45, 7) is 3.69. The smallest absolute Gasteiger partial charge is 0.349 e. The number of amides is 1. The lowest BCUT2D eigenvalue weighted by molar-refractivity contribution is -0.119. The predicted molar refractivity (Wildman–Crippen MR) is 98.5 cm³/mol. The zero-order valence-electron chi connectivity index (χ0n) is 13.9. The number of esters is 1. The van der Waals surface area contributed by atoms with Gasteiger partial charge in [-0.3, -0.25) is 9.48 Å². The number of anilines is 1. The fourth-order valence-electron chi connectivity index (χ4n) is 2.38. The lowest BCUT2D eigenvalue weighted by Gasteiger charge is -2.12. The van der Waals surface area contributed by atoms with Crippen LogP contribution in [0.4, 0.5) is 5.69 Å². The van der Waals surface area contributed by atoms with Crippen molar-refractivity contribution in [1.82, 2.24) is 9.78 Å². The van der Waals surface area contributed by atoms with Crippen molar-refractivity contribution in [3.05, 3.63) is 46.1 Å². The molecule has 0 saturated heterocycles. The molecule has 0 radical (unpaired) electrons. The van der Waals surface area contributed by atoms with Gasteiger partial charge in [-0.05, 0) is 37.6 Å². The van der Waals surface area contributed by atoms with E-state index < -0.39 is 12.0 Å². The molecule has 0 bridgehead atoms. The monoisotopic (exact) mass is 377 g/mol. The second-order valence-corrected chi connectivity index (χ2v) is 7.04. The topological polar surface area (TPSA) is 73.2 Å². The molecule has 0 aliphatic rings. The molecule has 6 nitrogen and oxygen atoms in total. The average Bonchev–Trinajstić information content (AvgIpc) is 3.17. The van der Waals surface area contributed by atoms with Gasteiger partial charge in [-0.2, -0.15) is 5.10 Å². The molecule has 0 aliphatic heterocycles. The number of thiophene rings is 1. The molecule has 3 aromatic rings. The molecule has 2 heterocycles. The number of nitrogens with one attached hydrogen (secondary N) is 1. The molecular formula is C17H16ClN3O3S. The number of methoxy groups -OCH3 is 1. The molecule has 2 aromatic heterocycles. The van der Waals surface area contributed by atoms with E-state index in [2.05, 4.69) is 10.4 Å². The van der Waals surface area contributed by atoms with Gasteiger partial charge >= 0.3 is 5.97 Å². The van der Waals surface area contributed by atoms with Crippen molar-refractivity contribution in [3.63, 3.8) is 0 Å². The van der Waals surface area contributed by atoms with Crippen LogP contribution in [0.3, 0.4) is 0 Å². The van der Waals surface area contributed by atoms with Crippen LogP contribution in [0.5, 0.6) is 0 Å². The second kappa shape index (κ2) is 6.85. The Bertz CT molecular complexity index is 963. The van der Waals surface area contributed by atoms with Crippen molar-refractivity contribution in [2.45, 2.75) is 19.9 Å². The summed E-state index contributed by atoms with van der Waals surface area (Å²) in [5.41, 5.74) is 1.62. The molecule has 8 heteroatoms. The van der Waals surface area contributed by atoms with Crippen LogP contribution in [0.15, 0.2) is 30.6 Å². The third-order valence-electron chi connectivity index (χ3n) is 3.77. The van der Waals surface area contributed by atoms with E-state index in [0.717, 1.165) is 15.6 Å². The van der Waals surface area contributed by atoms with Gasteiger partial charge in [0.05, 0.1) is 18.3 Å². The van der Waals surface area contributed by atoms with Crippen LogP contribution in [-0.2, 0) is 9.53 Å². The van der Waals surface area contributed by atoms with E-state index in [9.17, 15) is 9.59 Å². The maximum absolute atomic E-state index is 12.4. The van der Waals surface area contributed by atoms with Crippen molar-refractivity contribution in [2.75, 3.05) is 12.4 Å². The summed E-state index contributed by atoms with van der Waals surface area (Å²) >= 11 is 7.46. The van der Waals surface area contributed by atoms with Crippen LogP contribution in [0.2, 0.25) is 5.02 Å². The number of hydrogen-bond acceptors (Lipinski definition) is 5. The van der Waals surface area contributed by atoms with Crippen LogP contribution in [0.1, 0.15) is 28.2 Å². The van der Waals surface area contributed by atoms with Crippen LogP contribution < -0.4 is 5.32 Å². The lowest BCUT2D eigenvalue weighted by Crippen LogP contribution is -2.23. The average molecular weight is 378 g/mol. The number of carbonyl (C=O) groups is 2. The highest BCUT2D eigenvalue weighted by Crippen LogP contribution is 2.37. The number of hydrogen-bond donors (Lipinski definition) is 1. The first kappa shape index (κ1) is 17.4. The van der Waals surface area contributed by atoms with Gasteiger partial charge in [0.2, 0.25) is 5.91 Å². The Morgan fingerprint density at radius 1 is 1.40 bits per heavy atom. The molecule has 1 amide bonds. The molecule has 3 rings (SSSR count). The standard InChI is InChI=1S/C17H16ClN3O3S/c1-9-7-19-21(8-9)10(2)16(22)20-11-4-5-12-13(6-11)25-15(14(12)18)17(23)24-3/h4-8,10H,1-3H3,(H,20,22). The highest BCUT2D eigenvalue weighted by molar-refractivity contribution is 7.21. The van der Waals surface area contributed by atoms with E-state index in [-0.39, 0.29) is 5.91 Å². The fourth-order valence-corrected chi connectivity index (χ4v) is 3.84. The first-order valence-electron chi connectivity index (χ1n) is 7.52. The van der Waals surface area contributed by atoms with Gasteiger partial charge in [0, 0.05) is 22.0 Å². The predicted octanol–water partition coefficient (Wildman–Crippen LogP) is 4.05. The van der Waals surface area contributed by atoms with Crippen molar-refractivity contribution in [2.24, 2.45) is 0 Å². The minimum atomic E-state index is -0.473. The van der Waals surface area contributed by atoms with E-state index in [0.29, 0.717) is 15.6 Å². The van der Waals surface area contributed by atoms with E-state index in [1.807, 2.05) is 13.1 Å². The summed E-state index contributed by atoms with van der Waals surface area (Å²) in [6.07, 6.45) is 3.52. The van der Waals surface area contributed by atoms with Crippen LogP contribution in [-0.4, -0.2) is 28.8 Å². The minimum Gasteiger partial charge on any atom is -0.465 e. The minimum absolute atomic E-state index is 0.182. The second-order valence-electron chi connectivity index (χ2n) is 5.61. The Morgan fingerprint density at radius 2 is 2.16 bits per heavy atom. The SMILES string of the molecule is COC(=O)c1sc2cc(NC(=O)C(C)n3cc(C)cn3)ccc2c1Cl. The fraction of sp³-hybridized carbons (Fsp3) is 0.235.